The largest absolute Gasteiger partial charge is 0.490 e. The van der Waals surface area contributed by atoms with E-state index in [1.165, 1.54) is 5.56 Å². The number of aromatic nitrogens is 1. The van der Waals surface area contributed by atoms with Gasteiger partial charge in [0, 0.05) is 34.6 Å². The Balaban J connectivity index is 1.35. The second kappa shape index (κ2) is 9.39. The summed E-state index contributed by atoms with van der Waals surface area (Å²) in [4.78, 5) is 4.16. The number of hydrogen-bond donors (Lipinski definition) is 2. The Morgan fingerprint density at radius 2 is 1.63 bits per heavy atom. The second-order valence-corrected chi connectivity index (χ2v) is 9.10. The van der Waals surface area contributed by atoms with Crippen LogP contribution in [0.15, 0.2) is 82.6 Å². The maximum atomic E-state index is 9.29. The van der Waals surface area contributed by atoms with Gasteiger partial charge in [0.25, 0.3) is 0 Å². The zero-order valence-electron chi connectivity index (χ0n) is 19.4. The molecule has 0 unspecified atom stereocenters. The van der Waals surface area contributed by atoms with Gasteiger partial charge in [-0.15, -0.1) is 0 Å². The molecule has 35 heavy (non-hydrogen) atoms. The Morgan fingerprint density at radius 1 is 0.857 bits per heavy atom. The van der Waals surface area contributed by atoms with Gasteiger partial charge in [0.15, 0.2) is 0 Å². The van der Waals surface area contributed by atoms with E-state index in [1.807, 2.05) is 30.3 Å². The van der Waals surface area contributed by atoms with Crippen molar-refractivity contribution < 1.29 is 14.4 Å². The highest BCUT2D eigenvalue weighted by Gasteiger charge is 2.22. The van der Waals surface area contributed by atoms with Crippen LogP contribution >= 0.6 is 0 Å². The number of ether oxygens (including phenoxy) is 1. The predicted octanol–water partition coefficient (Wildman–Crippen LogP) is 5.93. The molecule has 6 rings (SSSR count). The lowest BCUT2D eigenvalue weighted by Gasteiger charge is -2.23. The monoisotopic (exact) mass is 465 g/mol. The van der Waals surface area contributed by atoms with Crippen LogP contribution in [0.4, 0.5) is 0 Å². The molecule has 176 valence electrons. The van der Waals surface area contributed by atoms with Gasteiger partial charge in [-0.25, -0.2) is 0 Å². The van der Waals surface area contributed by atoms with Crippen molar-refractivity contribution >= 4 is 5.71 Å². The molecular weight excluding hydrogens is 438 g/mol. The molecule has 1 saturated heterocycles. The van der Waals surface area contributed by atoms with Crippen molar-refractivity contribution in [1.29, 1.82) is 0 Å². The number of fused-ring (bicyclic) bond motifs is 1. The van der Waals surface area contributed by atoms with Crippen LogP contribution in [0.1, 0.15) is 30.4 Å². The van der Waals surface area contributed by atoms with Crippen LogP contribution in [0.25, 0.3) is 33.8 Å². The number of furan rings is 1. The van der Waals surface area contributed by atoms with Crippen LogP contribution in [0, 0.1) is 0 Å². The summed E-state index contributed by atoms with van der Waals surface area (Å²) in [5, 5.41) is 16.1. The van der Waals surface area contributed by atoms with E-state index in [1.54, 1.807) is 12.4 Å². The minimum Gasteiger partial charge on any atom is -0.490 e. The summed E-state index contributed by atoms with van der Waals surface area (Å²) in [6.07, 6.45) is 7.52. The highest BCUT2D eigenvalue weighted by atomic mass is 16.5. The van der Waals surface area contributed by atoms with Crippen molar-refractivity contribution in [3.05, 3.63) is 84.2 Å². The molecule has 2 aliphatic rings. The number of nitrogens with one attached hydrogen (secondary N) is 1. The maximum Gasteiger partial charge on any atom is 0.142 e. The normalized spacial score (nSPS) is 17.0. The lowest BCUT2D eigenvalue weighted by molar-refractivity contribution is 0.162. The first kappa shape index (κ1) is 21.6. The lowest BCUT2D eigenvalue weighted by Crippen LogP contribution is -2.34. The molecule has 0 bridgehead atoms. The van der Waals surface area contributed by atoms with Crippen LogP contribution in [-0.4, -0.2) is 35.1 Å². The standard InChI is InChI=1S/C29H27N3O3/c33-32-27-8-4-21-17-22(3-7-25(21)27)26-18-28(35-29(26)20-9-13-30-14-10-20)19-1-5-23(6-2-19)34-24-11-15-31-16-12-24/h1-3,5-7,9-10,13-14,17-18,24,31,33H,4,8,11-12,15-16H2/b32-27-. The molecule has 2 aromatic carbocycles. The van der Waals surface area contributed by atoms with Crippen molar-refractivity contribution in [3.63, 3.8) is 0 Å². The molecule has 0 amide bonds. The summed E-state index contributed by atoms with van der Waals surface area (Å²) in [5.41, 5.74) is 7.05. The minimum atomic E-state index is 0.270. The Labute approximate surface area is 204 Å². The quantitative estimate of drug-likeness (QED) is 0.282. The van der Waals surface area contributed by atoms with E-state index in [9.17, 15) is 5.21 Å². The van der Waals surface area contributed by atoms with Gasteiger partial charge in [0.05, 0.1) is 5.71 Å². The highest BCUT2D eigenvalue weighted by Crippen LogP contribution is 2.40. The third-order valence-corrected chi connectivity index (χ3v) is 6.88. The van der Waals surface area contributed by atoms with Gasteiger partial charge < -0.3 is 19.7 Å². The Morgan fingerprint density at radius 3 is 2.40 bits per heavy atom. The minimum absolute atomic E-state index is 0.270. The third-order valence-electron chi connectivity index (χ3n) is 6.88. The number of pyridine rings is 1. The molecular formula is C29H27N3O3. The van der Waals surface area contributed by atoms with Gasteiger partial charge in [-0.2, -0.15) is 0 Å². The van der Waals surface area contributed by atoms with Crippen molar-refractivity contribution in [2.75, 3.05) is 13.1 Å². The zero-order chi connectivity index (χ0) is 23.6. The molecule has 1 aliphatic heterocycles. The fourth-order valence-electron chi connectivity index (χ4n) is 5.01. The average Bonchev–Trinajstić information content (AvgIpc) is 3.54. The molecule has 0 atom stereocenters. The Bertz CT molecular complexity index is 1350. The number of piperidine rings is 1. The van der Waals surface area contributed by atoms with E-state index in [-0.39, 0.29) is 6.10 Å². The average molecular weight is 466 g/mol. The molecule has 1 fully saturated rings. The molecule has 0 spiro atoms. The van der Waals surface area contributed by atoms with Crippen molar-refractivity contribution in [1.82, 2.24) is 10.3 Å². The SMILES string of the molecule is O/N=C1/CCc2cc(-c3cc(-c4ccc(OC5CCNCC5)cc4)oc3-c3ccncc3)ccc21. The molecule has 0 radical (unpaired) electrons. The van der Waals surface area contributed by atoms with E-state index in [0.29, 0.717) is 0 Å². The van der Waals surface area contributed by atoms with Crippen molar-refractivity contribution in [2.24, 2.45) is 5.16 Å². The number of hydrogen-bond acceptors (Lipinski definition) is 6. The molecule has 1 aliphatic carbocycles. The van der Waals surface area contributed by atoms with E-state index >= 15 is 0 Å². The fraction of sp³-hybridized carbons (Fsp3) is 0.241. The topological polar surface area (TPSA) is 79.9 Å². The lowest BCUT2D eigenvalue weighted by atomic mass is 9.98. The van der Waals surface area contributed by atoms with Crippen molar-refractivity contribution in [2.45, 2.75) is 31.8 Å². The van der Waals surface area contributed by atoms with Gasteiger partial charge in [-0.1, -0.05) is 23.4 Å². The second-order valence-electron chi connectivity index (χ2n) is 9.10. The molecule has 2 N–H and O–H groups in total. The number of nitrogens with zero attached hydrogens (tertiary/aromatic N) is 2. The summed E-state index contributed by atoms with van der Waals surface area (Å²) in [5.74, 6) is 2.51. The first-order valence-corrected chi connectivity index (χ1v) is 12.1. The zero-order valence-corrected chi connectivity index (χ0v) is 19.4. The Kier molecular flexibility index (Phi) is 5.80. The summed E-state index contributed by atoms with van der Waals surface area (Å²) in [6, 6.07) is 20.5. The first-order valence-electron chi connectivity index (χ1n) is 12.1. The molecule has 3 heterocycles. The molecule has 4 aromatic rings. The van der Waals surface area contributed by atoms with Gasteiger partial charge in [-0.05, 0) is 92.4 Å². The van der Waals surface area contributed by atoms with E-state index in [4.69, 9.17) is 9.15 Å². The third kappa shape index (κ3) is 4.33. The van der Waals surface area contributed by atoms with Crippen molar-refractivity contribution in [3.8, 4) is 39.5 Å². The van der Waals surface area contributed by atoms with Gasteiger partial charge in [0.1, 0.15) is 23.4 Å². The van der Waals surface area contributed by atoms with Gasteiger partial charge in [0.2, 0.25) is 0 Å². The maximum absolute atomic E-state index is 9.29. The van der Waals surface area contributed by atoms with Crippen LogP contribution in [0.5, 0.6) is 5.75 Å². The molecule has 6 nitrogen and oxygen atoms in total. The molecule has 2 aromatic heterocycles. The van der Waals surface area contributed by atoms with Crippen LogP contribution < -0.4 is 10.1 Å². The van der Waals surface area contributed by atoms with E-state index < -0.39 is 0 Å². The Hall–Kier alpha value is -3.90. The van der Waals surface area contributed by atoms with E-state index in [2.05, 4.69) is 45.8 Å². The fourth-order valence-corrected chi connectivity index (χ4v) is 5.01. The van der Waals surface area contributed by atoms with Gasteiger partial charge in [-0.3, -0.25) is 4.98 Å². The first-order chi connectivity index (χ1) is 17.3. The smallest absolute Gasteiger partial charge is 0.142 e. The summed E-state index contributed by atoms with van der Waals surface area (Å²) >= 11 is 0. The van der Waals surface area contributed by atoms with E-state index in [0.717, 1.165) is 89.6 Å². The summed E-state index contributed by atoms with van der Waals surface area (Å²) < 4.78 is 12.6. The number of rotatable bonds is 5. The van der Waals surface area contributed by atoms with Crippen LogP contribution in [-0.2, 0) is 6.42 Å². The predicted molar refractivity (Wildman–Crippen MR) is 136 cm³/mol. The van der Waals surface area contributed by atoms with Crippen LogP contribution in [0.3, 0.4) is 0 Å². The highest BCUT2D eigenvalue weighted by molar-refractivity contribution is 6.04. The number of aryl methyl sites for hydroxylation is 1. The number of benzene rings is 2. The molecule has 0 saturated carbocycles. The molecule has 6 heteroatoms. The summed E-state index contributed by atoms with van der Waals surface area (Å²) in [7, 11) is 0. The summed E-state index contributed by atoms with van der Waals surface area (Å²) in [6.45, 7) is 2.01. The van der Waals surface area contributed by atoms with Gasteiger partial charge >= 0.3 is 0 Å². The number of oxime groups is 1. The van der Waals surface area contributed by atoms with Crippen LogP contribution in [0.2, 0.25) is 0 Å².